The van der Waals surface area contributed by atoms with Crippen molar-refractivity contribution in [3.05, 3.63) is 47.3 Å². The lowest BCUT2D eigenvalue weighted by atomic mass is 10.0. The van der Waals surface area contributed by atoms with Crippen molar-refractivity contribution in [2.24, 2.45) is 0 Å². The smallest absolute Gasteiger partial charge is 0.246 e. The van der Waals surface area contributed by atoms with Gasteiger partial charge in [0, 0.05) is 25.7 Å². The number of rotatable bonds is 3. The predicted molar refractivity (Wildman–Crippen MR) is 88.6 cm³/mol. The Morgan fingerprint density at radius 3 is 2.48 bits per heavy atom. The van der Waals surface area contributed by atoms with Crippen LogP contribution in [0.15, 0.2) is 35.2 Å². The summed E-state index contributed by atoms with van der Waals surface area (Å²) < 4.78 is 27.6. The first-order chi connectivity index (χ1) is 10.9. The Kier molecular flexibility index (Phi) is 4.27. The van der Waals surface area contributed by atoms with Crippen molar-refractivity contribution < 1.29 is 8.42 Å². The second kappa shape index (κ2) is 6.07. The van der Waals surface area contributed by atoms with Crippen molar-refractivity contribution in [2.75, 3.05) is 26.7 Å². The molecule has 1 saturated heterocycles. The van der Waals surface area contributed by atoms with Crippen LogP contribution in [0.1, 0.15) is 23.0 Å². The molecule has 0 amide bonds. The largest absolute Gasteiger partial charge is 0.297 e. The Morgan fingerprint density at radius 1 is 1.17 bits per heavy atom. The molecule has 0 radical (unpaired) electrons. The van der Waals surface area contributed by atoms with Crippen molar-refractivity contribution in [1.29, 1.82) is 0 Å². The maximum Gasteiger partial charge on any atom is 0.246 e. The summed E-state index contributed by atoms with van der Waals surface area (Å²) in [5.41, 5.74) is 2.26. The Balaban J connectivity index is 1.92. The molecular formula is C16H22N4O2S. The van der Waals surface area contributed by atoms with Gasteiger partial charge in [-0.15, -0.1) is 0 Å². The molecule has 0 bridgehead atoms. The van der Waals surface area contributed by atoms with E-state index in [-0.39, 0.29) is 6.04 Å². The van der Waals surface area contributed by atoms with Gasteiger partial charge < -0.3 is 0 Å². The molecule has 6 nitrogen and oxygen atoms in total. The Labute approximate surface area is 137 Å². The number of nitrogens with one attached hydrogen (secondary N) is 1. The van der Waals surface area contributed by atoms with E-state index in [0.29, 0.717) is 35.9 Å². The number of sulfonamides is 1. The van der Waals surface area contributed by atoms with Crippen LogP contribution in [0.4, 0.5) is 0 Å². The fraction of sp³-hybridized carbons (Fsp3) is 0.438. The molecule has 1 aliphatic rings. The summed E-state index contributed by atoms with van der Waals surface area (Å²) in [5.74, 6) is 0. The highest BCUT2D eigenvalue weighted by Crippen LogP contribution is 2.29. The highest BCUT2D eigenvalue weighted by Gasteiger charge is 2.35. The average Bonchev–Trinajstić information content (AvgIpc) is 2.88. The molecule has 3 rings (SSSR count). The van der Waals surface area contributed by atoms with Gasteiger partial charge in [0.1, 0.15) is 4.90 Å². The van der Waals surface area contributed by atoms with E-state index in [1.165, 1.54) is 0 Å². The average molecular weight is 334 g/mol. The Morgan fingerprint density at radius 2 is 1.87 bits per heavy atom. The topological polar surface area (TPSA) is 69.3 Å². The second-order valence-electron chi connectivity index (χ2n) is 6.03. The van der Waals surface area contributed by atoms with Gasteiger partial charge in [0.2, 0.25) is 10.0 Å². The van der Waals surface area contributed by atoms with Crippen LogP contribution in [-0.4, -0.2) is 54.5 Å². The second-order valence-corrected chi connectivity index (χ2v) is 7.91. The van der Waals surface area contributed by atoms with Crippen molar-refractivity contribution in [3.63, 3.8) is 0 Å². The van der Waals surface area contributed by atoms with E-state index in [4.69, 9.17) is 0 Å². The SMILES string of the molecule is Cc1n[nH]c(C)c1S(=O)(=O)N1CCN(C)C(c2ccccc2)C1. The number of H-pyrrole nitrogens is 1. The summed E-state index contributed by atoms with van der Waals surface area (Å²) in [6.45, 7) is 5.12. The summed E-state index contributed by atoms with van der Waals surface area (Å²) >= 11 is 0. The predicted octanol–water partition coefficient (Wildman–Crippen LogP) is 1.70. The van der Waals surface area contributed by atoms with Crippen LogP contribution in [0.5, 0.6) is 0 Å². The number of aromatic amines is 1. The van der Waals surface area contributed by atoms with Crippen LogP contribution >= 0.6 is 0 Å². The first-order valence-corrected chi connectivity index (χ1v) is 9.12. The summed E-state index contributed by atoms with van der Waals surface area (Å²) in [7, 11) is -1.49. The maximum absolute atomic E-state index is 13.0. The fourth-order valence-corrected chi connectivity index (χ4v) is 4.92. The summed E-state index contributed by atoms with van der Waals surface area (Å²) in [4.78, 5) is 2.52. The van der Waals surface area contributed by atoms with Gasteiger partial charge in [-0.25, -0.2) is 8.42 Å². The van der Waals surface area contributed by atoms with Crippen LogP contribution in [0.25, 0.3) is 0 Å². The molecular weight excluding hydrogens is 312 g/mol. The van der Waals surface area contributed by atoms with Gasteiger partial charge in [-0.2, -0.15) is 9.40 Å². The van der Waals surface area contributed by atoms with E-state index >= 15 is 0 Å². The van der Waals surface area contributed by atoms with Gasteiger partial charge in [-0.3, -0.25) is 10.00 Å². The van der Waals surface area contributed by atoms with Crippen molar-refractivity contribution in [3.8, 4) is 0 Å². The molecule has 0 aliphatic carbocycles. The third kappa shape index (κ3) is 2.91. The van der Waals surface area contributed by atoms with E-state index < -0.39 is 10.0 Å². The number of benzene rings is 1. The molecule has 1 fully saturated rings. The van der Waals surface area contributed by atoms with Crippen LogP contribution in [-0.2, 0) is 10.0 Å². The lowest BCUT2D eigenvalue weighted by molar-refractivity contribution is 0.148. The molecule has 1 aromatic heterocycles. The van der Waals surface area contributed by atoms with Gasteiger partial charge in [0.25, 0.3) is 0 Å². The van der Waals surface area contributed by atoms with E-state index in [1.54, 1.807) is 18.2 Å². The van der Waals surface area contributed by atoms with Crippen molar-refractivity contribution in [2.45, 2.75) is 24.8 Å². The summed E-state index contributed by atoms with van der Waals surface area (Å²) in [5, 5.41) is 6.80. The summed E-state index contributed by atoms with van der Waals surface area (Å²) in [6.07, 6.45) is 0. The van der Waals surface area contributed by atoms with Gasteiger partial charge >= 0.3 is 0 Å². The molecule has 1 unspecified atom stereocenters. The van der Waals surface area contributed by atoms with E-state index in [1.807, 2.05) is 37.4 Å². The number of aryl methyl sites for hydroxylation is 2. The molecule has 7 heteroatoms. The first-order valence-electron chi connectivity index (χ1n) is 7.68. The number of aromatic nitrogens is 2. The first kappa shape index (κ1) is 16.2. The standard InChI is InChI=1S/C16H22N4O2S/c1-12-16(13(2)18-17-12)23(21,22)20-10-9-19(3)15(11-20)14-7-5-4-6-8-14/h4-8,15H,9-11H2,1-3H3,(H,17,18). The monoisotopic (exact) mass is 334 g/mol. The van der Waals surface area contributed by atoms with Gasteiger partial charge in [0.05, 0.1) is 11.4 Å². The van der Waals surface area contributed by atoms with Gasteiger partial charge in [-0.05, 0) is 26.5 Å². The van der Waals surface area contributed by atoms with Crippen LogP contribution < -0.4 is 0 Å². The molecule has 0 spiro atoms. The Bertz CT molecular complexity index is 766. The minimum absolute atomic E-state index is 0.0623. The molecule has 1 aliphatic heterocycles. The number of likely N-dealkylation sites (N-methyl/N-ethyl adjacent to an activating group) is 1. The minimum Gasteiger partial charge on any atom is -0.297 e. The van der Waals surface area contributed by atoms with Crippen molar-refractivity contribution in [1.82, 2.24) is 19.4 Å². The number of hydrogen-bond donors (Lipinski definition) is 1. The van der Waals surface area contributed by atoms with Gasteiger partial charge in [0.15, 0.2) is 0 Å². The Hall–Kier alpha value is -1.70. The number of hydrogen-bond acceptors (Lipinski definition) is 4. The molecule has 1 N–H and O–H groups in total. The van der Waals surface area contributed by atoms with Crippen LogP contribution in [0.3, 0.4) is 0 Å². The normalized spacial score (nSPS) is 20.7. The number of piperazine rings is 1. The molecule has 1 aromatic carbocycles. The van der Waals surface area contributed by atoms with E-state index in [9.17, 15) is 8.42 Å². The zero-order chi connectivity index (χ0) is 16.6. The zero-order valence-electron chi connectivity index (χ0n) is 13.7. The minimum atomic E-state index is -3.53. The van der Waals surface area contributed by atoms with E-state index in [0.717, 1.165) is 5.56 Å². The lowest BCUT2D eigenvalue weighted by Gasteiger charge is -2.39. The molecule has 2 heterocycles. The maximum atomic E-state index is 13.0. The molecule has 23 heavy (non-hydrogen) atoms. The molecule has 1 atom stereocenters. The van der Waals surface area contributed by atoms with Crippen LogP contribution in [0, 0.1) is 13.8 Å². The third-order valence-electron chi connectivity index (χ3n) is 4.45. The summed E-state index contributed by atoms with van der Waals surface area (Å²) in [6, 6.07) is 10.1. The van der Waals surface area contributed by atoms with Crippen molar-refractivity contribution >= 4 is 10.0 Å². The highest BCUT2D eigenvalue weighted by molar-refractivity contribution is 7.89. The third-order valence-corrected chi connectivity index (χ3v) is 6.58. The molecule has 124 valence electrons. The highest BCUT2D eigenvalue weighted by atomic mass is 32.2. The number of nitrogens with zero attached hydrogens (tertiary/aromatic N) is 3. The van der Waals surface area contributed by atoms with Crippen LogP contribution in [0.2, 0.25) is 0 Å². The van der Waals surface area contributed by atoms with Gasteiger partial charge in [-0.1, -0.05) is 30.3 Å². The fourth-order valence-electron chi connectivity index (χ4n) is 3.15. The molecule has 2 aromatic rings. The van der Waals surface area contributed by atoms with E-state index in [2.05, 4.69) is 15.1 Å². The molecule has 0 saturated carbocycles. The quantitative estimate of drug-likeness (QED) is 0.928. The lowest BCUT2D eigenvalue weighted by Crippen LogP contribution is -2.49. The zero-order valence-corrected chi connectivity index (χ0v) is 14.5.